The van der Waals surface area contributed by atoms with Crippen molar-refractivity contribution in [1.29, 1.82) is 0 Å². The minimum absolute atomic E-state index is 0.0201. The summed E-state index contributed by atoms with van der Waals surface area (Å²) in [6.45, 7) is 10.4. The van der Waals surface area contributed by atoms with Crippen LogP contribution < -0.4 is 10.1 Å². The van der Waals surface area contributed by atoms with Gasteiger partial charge in [-0.25, -0.2) is 0 Å². The highest BCUT2D eigenvalue weighted by atomic mass is 16.5. The van der Waals surface area contributed by atoms with Crippen LogP contribution in [0.1, 0.15) is 61.9 Å². The van der Waals surface area contributed by atoms with Gasteiger partial charge in [0.25, 0.3) is 5.91 Å². The summed E-state index contributed by atoms with van der Waals surface area (Å²) >= 11 is 0. The summed E-state index contributed by atoms with van der Waals surface area (Å²) in [5.74, 6) is 1.71. The first-order valence-electron chi connectivity index (χ1n) is 14.3. The lowest BCUT2D eigenvalue weighted by atomic mass is 9.86. The Morgan fingerprint density at radius 2 is 1.71 bits per heavy atom. The lowest BCUT2D eigenvalue weighted by molar-refractivity contribution is -0.136. The zero-order valence-corrected chi connectivity index (χ0v) is 24.3. The van der Waals surface area contributed by atoms with Crippen LogP contribution in [0.2, 0.25) is 0 Å². The van der Waals surface area contributed by atoms with Gasteiger partial charge in [-0.1, -0.05) is 6.07 Å². The summed E-state index contributed by atoms with van der Waals surface area (Å²) in [7, 11) is 5.37. The third-order valence-electron chi connectivity index (χ3n) is 8.22. The van der Waals surface area contributed by atoms with Gasteiger partial charge in [0.2, 0.25) is 5.91 Å². The average molecular weight is 532 g/mol. The molecule has 1 aliphatic carbocycles. The van der Waals surface area contributed by atoms with Gasteiger partial charge in [-0.2, -0.15) is 0 Å². The van der Waals surface area contributed by atoms with Gasteiger partial charge in [0.05, 0.1) is 12.7 Å². The van der Waals surface area contributed by atoms with E-state index in [1.165, 1.54) is 0 Å². The van der Waals surface area contributed by atoms with E-state index in [2.05, 4.69) is 19.2 Å². The van der Waals surface area contributed by atoms with E-state index >= 15 is 0 Å². The van der Waals surface area contributed by atoms with Gasteiger partial charge in [-0.05, 0) is 76.0 Å². The number of rotatable bonds is 13. The van der Waals surface area contributed by atoms with Crippen LogP contribution in [0, 0.1) is 24.7 Å². The fourth-order valence-electron chi connectivity index (χ4n) is 5.73. The molecule has 1 N–H and O–H groups in total. The molecule has 1 heterocycles. The SMILES string of the molecule is COCCCOc1cc(C(=O)N(C[C@@H]2CNC[C@H]2CN(C)C(=O)[C@H]2CC[C@H](OC)CC2)C(C)C)ccc1C. The molecule has 1 aromatic rings. The van der Waals surface area contributed by atoms with E-state index < -0.39 is 0 Å². The van der Waals surface area contributed by atoms with Crippen molar-refractivity contribution < 1.29 is 23.8 Å². The molecule has 0 radical (unpaired) electrons. The lowest BCUT2D eigenvalue weighted by Crippen LogP contribution is -2.44. The zero-order chi connectivity index (χ0) is 27.7. The second-order valence-electron chi connectivity index (χ2n) is 11.3. The number of hydrogen-bond acceptors (Lipinski definition) is 6. The minimum Gasteiger partial charge on any atom is -0.493 e. The van der Waals surface area contributed by atoms with E-state index in [1.54, 1.807) is 14.2 Å². The summed E-state index contributed by atoms with van der Waals surface area (Å²) in [5, 5.41) is 3.51. The third-order valence-corrected chi connectivity index (χ3v) is 8.22. The van der Waals surface area contributed by atoms with E-state index in [0.717, 1.165) is 56.5 Å². The topological polar surface area (TPSA) is 80.3 Å². The first-order valence-corrected chi connectivity index (χ1v) is 14.3. The Hall–Kier alpha value is -2.16. The molecule has 2 amide bonds. The summed E-state index contributed by atoms with van der Waals surface area (Å²) in [4.78, 5) is 30.7. The first kappa shape index (κ1) is 30.4. The van der Waals surface area contributed by atoms with Crippen molar-refractivity contribution in [3.8, 4) is 5.75 Å². The number of nitrogens with zero attached hydrogens (tertiary/aromatic N) is 2. The van der Waals surface area contributed by atoms with Gasteiger partial charge < -0.3 is 29.3 Å². The van der Waals surface area contributed by atoms with Crippen LogP contribution in [-0.2, 0) is 14.3 Å². The number of hydrogen-bond donors (Lipinski definition) is 1. The molecule has 0 spiro atoms. The molecule has 2 fully saturated rings. The van der Waals surface area contributed by atoms with Gasteiger partial charge >= 0.3 is 0 Å². The van der Waals surface area contributed by atoms with E-state index in [4.69, 9.17) is 14.2 Å². The van der Waals surface area contributed by atoms with Crippen LogP contribution in [0.25, 0.3) is 0 Å². The number of ether oxygens (including phenoxy) is 3. The van der Waals surface area contributed by atoms with Gasteiger partial charge in [-0.3, -0.25) is 9.59 Å². The van der Waals surface area contributed by atoms with Gasteiger partial charge in [-0.15, -0.1) is 0 Å². The highest BCUT2D eigenvalue weighted by Gasteiger charge is 2.35. The number of carbonyl (C=O) groups is 2. The molecular weight excluding hydrogens is 482 g/mol. The van der Waals surface area contributed by atoms with Crippen molar-refractivity contribution in [2.45, 2.75) is 65.0 Å². The molecule has 2 aliphatic rings. The number of carbonyl (C=O) groups excluding carboxylic acids is 2. The lowest BCUT2D eigenvalue weighted by Gasteiger charge is -2.34. The Morgan fingerprint density at radius 3 is 2.34 bits per heavy atom. The van der Waals surface area contributed by atoms with E-state index in [9.17, 15) is 9.59 Å². The highest BCUT2D eigenvalue weighted by molar-refractivity contribution is 5.95. The number of methoxy groups -OCH3 is 2. The molecule has 214 valence electrons. The monoisotopic (exact) mass is 531 g/mol. The second-order valence-corrected chi connectivity index (χ2v) is 11.3. The number of benzene rings is 1. The number of amides is 2. The molecular formula is C30H49N3O5. The quantitative estimate of drug-likeness (QED) is 0.391. The summed E-state index contributed by atoms with van der Waals surface area (Å²) < 4.78 is 16.5. The Balaban J connectivity index is 1.61. The summed E-state index contributed by atoms with van der Waals surface area (Å²) in [5.41, 5.74) is 1.66. The molecule has 8 nitrogen and oxygen atoms in total. The molecule has 1 aromatic carbocycles. The first-order chi connectivity index (χ1) is 18.2. The smallest absolute Gasteiger partial charge is 0.254 e. The van der Waals surface area contributed by atoms with Crippen LogP contribution in [0.3, 0.4) is 0 Å². The predicted octanol–water partition coefficient (Wildman–Crippen LogP) is 3.76. The van der Waals surface area contributed by atoms with Crippen molar-refractivity contribution in [3.05, 3.63) is 29.3 Å². The third kappa shape index (κ3) is 8.17. The van der Waals surface area contributed by atoms with Gasteiger partial charge in [0.1, 0.15) is 5.75 Å². The molecule has 38 heavy (non-hydrogen) atoms. The largest absolute Gasteiger partial charge is 0.493 e. The average Bonchev–Trinajstić information content (AvgIpc) is 3.36. The predicted molar refractivity (Wildman–Crippen MR) is 150 cm³/mol. The van der Waals surface area contributed by atoms with Crippen LogP contribution >= 0.6 is 0 Å². The number of aryl methyl sites for hydroxylation is 1. The van der Waals surface area contributed by atoms with Gasteiger partial charge in [0.15, 0.2) is 0 Å². The minimum atomic E-state index is 0.0201. The Labute approximate surface area is 229 Å². The molecule has 0 unspecified atom stereocenters. The van der Waals surface area contributed by atoms with E-state index in [1.807, 2.05) is 42.0 Å². The molecule has 1 saturated heterocycles. The van der Waals surface area contributed by atoms with Crippen LogP contribution in [0.4, 0.5) is 0 Å². The maximum absolute atomic E-state index is 13.7. The van der Waals surface area contributed by atoms with Crippen molar-refractivity contribution in [2.24, 2.45) is 17.8 Å². The molecule has 3 rings (SSSR count). The zero-order valence-electron chi connectivity index (χ0n) is 24.3. The van der Waals surface area contributed by atoms with Crippen LogP contribution in [0.5, 0.6) is 5.75 Å². The maximum Gasteiger partial charge on any atom is 0.254 e. The van der Waals surface area contributed by atoms with Gasteiger partial charge in [0, 0.05) is 78.0 Å². The highest BCUT2D eigenvalue weighted by Crippen LogP contribution is 2.29. The number of nitrogens with one attached hydrogen (secondary N) is 1. The molecule has 2 atom stereocenters. The molecule has 1 aliphatic heterocycles. The van der Waals surface area contributed by atoms with Crippen molar-refractivity contribution in [2.75, 3.05) is 60.7 Å². The Bertz CT molecular complexity index is 900. The summed E-state index contributed by atoms with van der Waals surface area (Å²) in [6, 6.07) is 5.78. The normalized spacial score (nSPS) is 23.4. The van der Waals surface area contributed by atoms with Crippen LogP contribution in [-0.4, -0.2) is 94.4 Å². The molecule has 8 heteroatoms. The summed E-state index contributed by atoms with van der Waals surface area (Å²) in [6.07, 6.45) is 4.81. The Kier molecular flexibility index (Phi) is 11.9. The molecule has 0 bridgehead atoms. The standard InChI is InChI=1S/C30H49N3O5/c1-21(2)33(30(35)24-9-8-22(3)28(16-24)38-15-7-14-36-5)20-26-18-31-17-25(26)19-32(4)29(34)23-10-12-27(37-6)13-11-23/h8-9,16,21,23,25-27,31H,7,10-15,17-20H2,1-6H3/t23-,25-,26-,27-/m0/s1. The second kappa shape index (κ2) is 14.8. The van der Waals surface area contributed by atoms with Crippen LogP contribution in [0.15, 0.2) is 18.2 Å². The van der Waals surface area contributed by atoms with Crippen molar-refractivity contribution in [1.82, 2.24) is 15.1 Å². The van der Waals surface area contributed by atoms with Crippen molar-refractivity contribution in [3.63, 3.8) is 0 Å². The fraction of sp³-hybridized carbons (Fsp3) is 0.733. The molecule has 0 aromatic heterocycles. The fourth-order valence-corrected chi connectivity index (χ4v) is 5.73. The molecule has 1 saturated carbocycles. The maximum atomic E-state index is 13.7. The van der Waals surface area contributed by atoms with E-state index in [0.29, 0.717) is 43.9 Å². The van der Waals surface area contributed by atoms with E-state index in [-0.39, 0.29) is 29.7 Å². The Morgan fingerprint density at radius 1 is 1.03 bits per heavy atom. The van der Waals surface area contributed by atoms with Crippen molar-refractivity contribution >= 4 is 11.8 Å².